The predicted molar refractivity (Wildman–Crippen MR) is 173 cm³/mol. The van der Waals surface area contributed by atoms with Gasteiger partial charge >= 0.3 is 5.97 Å². The second-order valence-corrected chi connectivity index (χ2v) is 12.3. The van der Waals surface area contributed by atoms with Crippen LogP contribution in [0.3, 0.4) is 0 Å². The number of aromatic nitrogens is 5. The molecule has 0 saturated carbocycles. The highest BCUT2D eigenvalue weighted by molar-refractivity contribution is 7.17. The highest BCUT2D eigenvalue weighted by atomic mass is 32.1. The van der Waals surface area contributed by atoms with E-state index in [1.54, 1.807) is 36.6 Å². The molecule has 0 radical (unpaired) electrons. The van der Waals surface area contributed by atoms with E-state index < -0.39 is 5.97 Å². The van der Waals surface area contributed by atoms with E-state index in [2.05, 4.69) is 49.7 Å². The molecule has 0 aliphatic carbocycles. The number of rotatable bonds is 13. The summed E-state index contributed by atoms with van der Waals surface area (Å²) in [5.41, 5.74) is 5.07. The van der Waals surface area contributed by atoms with Gasteiger partial charge in [-0.05, 0) is 86.3 Å². The summed E-state index contributed by atoms with van der Waals surface area (Å²) < 4.78 is 5.14. The normalized spacial score (nSPS) is 14.3. The summed E-state index contributed by atoms with van der Waals surface area (Å²) in [4.78, 5) is 21.9. The first-order chi connectivity index (χ1) is 21.7. The highest BCUT2D eigenvalue weighted by Crippen LogP contribution is 2.33. The number of hydrogen-bond donors (Lipinski definition) is 0. The lowest BCUT2D eigenvalue weighted by Crippen LogP contribution is -2.33. The van der Waals surface area contributed by atoms with Gasteiger partial charge in [0.1, 0.15) is 21.0 Å². The molecule has 1 saturated heterocycles. The molecule has 1 aliphatic heterocycles. The van der Waals surface area contributed by atoms with Crippen molar-refractivity contribution in [2.24, 2.45) is 0 Å². The molecule has 2 aromatic heterocycles. The molecule has 3 aromatic carbocycles. The molecule has 0 N–H and O–H groups in total. The van der Waals surface area contributed by atoms with Gasteiger partial charge in [0.05, 0.1) is 5.56 Å². The number of benzene rings is 3. The van der Waals surface area contributed by atoms with Crippen LogP contribution in [0, 0.1) is 0 Å². The molecule has 0 spiro atoms. The summed E-state index contributed by atoms with van der Waals surface area (Å²) in [7, 11) is 1.78. The standard InChI is InChI=1S/C34H38N6O3S/c1-42-24-8-4-2-3-7-21-39-22-19-26(20-23-39)25-11-13-27(14-12-25)32-36-37-33(44-32)28-15-17-29(18-16-28)34(41)43-40-31-10-6-5-9-30(31)35-38-40/h5-6,9-18,26H,2-4,7-8,19-24H2,1H3. The topological polar surface area (TPSA) is 95.3 Å². The number of fused-ring (bicyclic) bond motifs is 1. The monoisotopic (exact) mass is 610 g/mol. The summed E-state index contributed by atoms with van der Waals surface area (Å²) in [6, 6.07) is 23.3. The number of likely N-dealkylation sites (tertiary alicyclic amines) is 1. The van der Waals surface area contributed by atoms with Crippen LogP contribution in [0.5, 0.6) is 0 Å². The van der Waals surface area contributed by atoms with Crippen molar-refractivity contribution in [1.82, 2.24) is 30.3 Å². The van der Waals surface area contributed by atoms with Crippen molar-refractivity contribution < 1.29 is 14.4 Å². The number of methoxy groups -OCH3 is 1. The van der Waals surface area contributed by atoms with Gasteiger partial charge in [-0.25, -0.2) is 4.79 Å². The molecule has 5 aromatic rings. The van der Waals surface area contributed by atoms with Gasteiger partial charge in [0, 0.05) is 24.8 Å². The molecule has 228 valence electrons. The average molecular weight is 611 g/mol. The zero-order chi connectivity index (χ0) is 30.1. The van der Waals surface area contributed by atoms with E-state index in [9.17, 15) is 4.79 Å². The third-order valence-corrected chi connectivity index (χ3v) is 9.34. The molecule has 0 amide bonds. The van der Waals surface area contributed by atoms with Gasteiger partial charge in [-0.2, -0.15) is 0 Å². The van der Waals surface area contributed by atoms with Crippen molar-refractivity contribution >= 4 is 28.3 Å². The number of carbonyl (C=O) groups is 1. The maximum atomic E-state index is 12.7. The van der Waals surface area contributed by atoms with Crippen molar-refractivity contribution in [1.29, 1.82) is 0 Å². The van der Waals surface area contributed by atoms with Crippen molar-refractivity contribution in [3.05, 3.63) is 83.9 Å². The van der Waals surface area contributed by atoms with Crippen LogP contribution in [0.25, 0.3) is 32.2 Å². The minimum atomic E-state index is -0.514. The van der Waals surface area contributed by atoms with Gasteiger partial charge in [0.25, 0.3) is 0 Å². The molecular weight excluding hydrogens is 572 g/mol. The van der Waals surface area contributed by atoms with E-state index in [1.165, 1.54) is 70.1 Å². The number of hydrogen-bond acceptors (Lipinski definition) is 9. The van der Waals surface area contributed by atoms with Gasteiger partial charge in [-0.15, -0.1) is 15.3 Å². The van der Waals surface area contributed by atoms with Gasteiger partial charge in [0.2, 0.25) is 0 Å². The minimum absolute atomic E-state index is 0.410. The molecule has 1 fully saturated rings. The number of nitrogens with zero attached hydrogens (tertiary/aromatic N) is 6. The van der Waals surface area contributed by atoms with Crippen LogP contribution in [-0.4, -0.2) is 69.6 Å². The van der Waals surface area contributed by atoms with Gasteiger partial charge < -0.3 is 14.5 Å². The lowest BCUT2D eigenvalue weighted by atomic mass is 9.89. The molecule has 3 heterocycles. The summed E-state index contributed by atoms with van der Waals surface area (Å²) in [6.45, 7) is 4.48. The molecule has 44 heavy (non-hydrogen) atoms. The number of piperidine rings is 1. The van der Waals surface area contributed by atoms with Crippen molar-refractivity contribution in [2.45, 2.75) is 50.9 Å². The predicted octanol–water partition coefficient (Wildman–Crippen LogP) is 6.66. The van der Waals surface area contributed by atoms with Gasteiger partial charge in [-0.1, -0.05) is 84.0 Å². The number of unbranched alkanes of at least 4 members (excludes halogenated alkanes) is 4. The van der Waals surface area contributed by atoms with Gasteiger partial charge in [-0.3, -0.25) is 0 Å². The number of para-hydroxylation sites is 1. The molecule has 6 rings (SSSR count). The maximum Gasteiger partial charge on any atom is 0.365 e. The van der Waals surface area contributed by atoms with Gasteiger partial charge in [0.15, 0.2) is 0 Å². The third kappa shape index (κ3) is 7.38. The molecule has 0 bridgehead atoms. The Bertz CT molecular complexity index is 1640. The Morgan fingerprint density at radius 3 is 2.20 bits per heavy atom. The van der Waals surface area contributed by atoms with E-state index in [0.717, 1.165) is 32.6 Å². The quantitative estimate of drug-likeness (QED) is 0.108. The first-order valence-electron chi connectivity index (χ1n) is 15.5. The smallest absolute Gasteiger partial charge is 0.365 e. The molecule has 0 unspecified atom stereocenters. The molecular formula is C34H38N6O3S. The fourth-order valence-electron chi connectivity index (χ4n) is 5.75. The molecule has 10 heteroatoms. The largest absolute Gasteiger partial charge is 0.385 e. The minimum Gasteiger partial charge on any atom is -0.385 e. The van der Waals surface area contributed by atoms with E-state index in [1.807, 2.05) is 30.3 Å². The molecule has 1 aliphatic rings. The van der Waals surface area contributed by atoms with E-state index >= 15 is 0 Å². The second-order valence-electron chi connectivity index (χ2n) is 11.3. The summed E-state index contributed by atoms with van der Waals surface area (Å²) >= 11 is 1.54. The average Bonchev–Trinajstić information content (AvgIpc) is 3.73. The Morgan fingerprint density at radius 1 is 0.818 bits per heavy atom. The maximum absolute atomic E-state index is 12.7. The summed E-state index contributed by atoms with van der Waals surface area (Å²) in [6.07, 6.45) is 8.83. The van der Waals surface area contributed by atoms with Crippen molar-refractivity contribution in [3.8, 4) is 21.1 Å². The Labute approximate surface area is 261 Å². The zero-order valence-electron chi connectivity index (χ0n) is 25.1. The van der Waals surface area contributed by atoms with E-state index in [-0.39, 0.29) is 0 Å². The first-order valence-corrected chi connectivity index (χ1v) is 16.3. The SMILES string of the molecule is COCCCCCCCN1CCC(c2ccc(-c3nnc(-c4ccc(C(=O)On5nnc6ccccc65)cc4)s3)cc2)CC1. The molecule has 0 atom stereocenters. The van der Waals surface area contributed by atoms with E-state index in [4.69, 9.17) is 9.57 Å². The Hall–Kier alpha value is -3.99. The van der Waals surface area contributed by atoms with Crippen LogP contribution < -0.4 is 4.84 Å². The lowest BCUT2D eigenvalue weighted by molar-refractivity contribution is 0.0409. The Balaban J connectivity index is 0.989. The zero-order valence-corrected chi connectivity index (χ0v) is 25.9. The van der Waals surface area contributed by atoms with Crippen LogP contribution >= 0.6 is 11.3 Å². The third-order valence-electron chi connectivity index (χ3n) is 8.32. The van der Waals surface area contributed by atoms with Crippen molar-refractivity contribution in [2.75, 3.05) is 33.4 Å². The number of carbonyl (C=O) groups excluding carboxylic acids is 1. The van der Waals surface area contributed by atoms with Crippen LogP contribution in [0.4, 0.5) is 0 Å². The van der Waals surface area contributed by atoms with Crippen LogP contribution in [0.15, 0.2) is 72.8 Å². The first kappa shape index (κ1) is 30.1. The Morgan fingerprint density at radius 2 is 1.48 bits per heavy atom. The second kappa shape index (κ2) is 14.7. The summed E-state index contributed by atoms with van der Waals surface area (Å²) in [5.74, 6) is 0.105. The molecule has 9 nitrogen and oxygen atoms in total. The Kier molecular flexibility index (Phi) is 10.0. The fraction of sp³-hybridized carbons (Fsp3) is 0.382. The summed E-state index contributed by atoms with van der Waals surface area (Å²) in [5, 5.41) is 18.5. The highest BCUT2D eigenvalue weighted by Gasteiger charge is 2.21. The number of ether oxygens (including phenoxy) is 1. The van der Waals surface area contributed by atoms with E-state index in [0.29, 0.717) is 22.5 Å². The lowest BCUT2D eigenvalue weighted by Gasteiger charge is -2.32. The van der Waals surface area contributed by atoms with Crippen LogP contribution in [-0.2, 0) is 4.74 Å². The van der Waals surface area contributed by atoms with Crippen LogP contribution in [0.1, 0.15) is 66.8 Å². The fourth-order valence-corrected chi connectivity index (χ4v) is 6.61. The van der Waals surface area contributed by atoms with Crippen LogP contribution in [0.2, 0.25) is 0 Å². The van der Waals surface area contributed by atoms with Crippen molar-refractivity contribution in [3.63, 3.8) is 0 Å².